The molecule has 2 aromatic carbocycles. The normalized spacial score (nSPS) is 11.5. The van der Waals surface area contributed by atoms with E-state index >= 15 is 0 Å². The maximum atomic E-state index is 12.4. The van der Waals surface area contributed by atoms with Gasteiger partial charge in [0, 0.05) is 18.7 Å². The first-order chi connectivity index (χ1) is 14.9. The van der Waals surface area contributed by atoms with Crippen LogP contribution in [0.3, 0.4) is 0 Å². The standard InChI is InChI=1S/C22H23ClN2O6/c1-4-30-17-13-14(12-16(23)20(17)29-3)10-11-18(26)31-19(15-8-6-5-7-9-15)21(27)25-22(28)24-2/h5-13,19H,4H2,1-3H3,(H2,24,25,27,28)/b11-10+. The van der Waals surface area contributed by atoms with Crippen LogP contribution in [0.1, 0.15) is 24.2 Å². The molecule has 2 N–H and O–H groups in total. The summed E-state index contributed by atoms with van der Waals surface area (Å²) in [5.41, 5.74) is 0.981. The molecule has 0 saturated carbocycles. The molecule has 3 amide bonds. The van der Waals surface area contributed by atoms with Gasteiger partial charge in [0.05, 0.1) is 18.7 Å². The van der Waals surface area contributed by atoms with E-state index in [0.717, 1.165) is 6.08 Å². The smallest absolute Gasteiger partial charge is 0.331 e. The van der Waals surface area contributed by atoms with Gasteiger partial charge < -0.3 is 19.5 Å². The number of imide groups is 1. The molecule has 1 unspecified atom stereocenters. The summed E-state index contributed by atoms with van der Waals surface area (Å²) in [6, 6.07) is 10.9. The Morgan fingerprint density at radius 3 is 2.48 bits per heavy atom. The molecule has 0 saturated heterocycles. The summed E-state index contributed by atoms with van der Waals surface area (Å²) in [5.74, 6) is -0.750. The molecule has 0 bridgehead atoms. The third-order valence-electron chi connectivity index (χ3n) is 3.99. The minimum absolute atomic E-state index is 0.314. The van der Waals surface area contributed by atoms with Gasteiger partial charge in [0.1, 0.15) is 0 Å². The minimum Gasteiger partial charge on any atom is -0.491 e. The van der Waals surface area contributed by atoms with Crippen LogP contribution in [-0.4, -0.2) is 38.7 Å². The lowest BCUT2D eigenvalue weighted by Gasteiger charge is -2.16. The Morgan fingerprint density at radius 1 is 1.16 bits per heavy atom. The number of urea groups is 1. The van der Waals surface area contributed by atoms with E-state index in [9.17, 15) is 14.4 Å². The Labute approximate surface area is 185 Å². The van der Waals surface area contributed by atoms with E-state index in [2.05, 4.69) is 10.6 Å². The lowest BCUT2D eigenvalue weighted by Crippen LogP contribution is -2.41. The number of hydrogen-bond donors (Lipinski definition) is 2. The number of rotatable bonds is 8. The molecule has 0 heterocycles. The van der Waals surface area contributed by atoms with Crippen molar-refractivity contribution in [2.24, 2.45) is 0 Å². The van der Waals surface area contributed by atoms with E-state index in [1.807, 2.05) is 6.92 Å². The maximum absolute atomic E-state index is 12.4. The summed E-state index contributed by atoms with van der Waals surface area (Å²) in [7, 11) is 2.84. The zero-order chi connectivity index (χ0) is 22.8. The molecule has 0 radical (unpaired) electrons. The highest BCUT2D eigenvalue weighted by atomic mass is 35.5. The Morgan fingerprint density at radius 2 is 1.87 bits per heavy atom. The number of halogens is 1. The number of carbonyl (C=O) groups is 3. The Kier molecular flexibility index (Phi) is 8.90. The Balaban J connectivity index is 2.21. The zero-order valence-corrected chi connectivity index (χ0v) is 18.1. The van der Waals surface area contributed by atoms with Gasteiger partial charge in [0.2, 0.25) is 6.10 Å². The molecule has 8 nitrogen and oxygen atoms in total. The molecule has 0 aliphatic heterocycles. The third-order valence-corrected chi connectivity index (χ3v) is 4.27. The van der Waals surface area contributed by atoms with Gasteiger partial charge in [-0.2, -0.15) is 0 Å². The highest BCUT2D eigenvalue weighted by molar-refractivity contribution is 6.32. The van der Waals surface area contributed by atoms with E-state index in [1.165, 1.54) is 20.2 Å². The highest BCUT2D eigenvalue weighted by Crippen LogP contribution is 2.36. The van der Waals surface area contributed by atoms with Crippen LogP contribution in [0.2, 0.25) is 5.02 Å². The molecule has 0 fully saturated rings. The quantitative estimate of drug-likeness (QED) is 0.475. The first kappa shape index (κ1) is 23.8. The van der Waals surface area contributed by atoms with E-state index < -0.39 is 24.0 Å². The molecule has 2 aromatic rings. The fourth-order valence-electron chi connectivity index (χ4n) is 2.61. The van der Waals surface area contributed by atoms with Crippen molar-refractivity contribution < 1.29 is 28.6 Å². The van der Waals surface area contributed by atoms with Crippen LogP contribution < -0.4 is 20.1 Å². The highest BCUT2D eigenvalue weighted by Gasteiger charge is 2.25. The summed E-state index contributed by atoms with van der Waals surface area (Å²) in [4.78, 5) is 36.3. The maximum Gasteiger partial charge on any atom is 0.331 e. The molecule has 0 aliphatic carbocycles. The first-order valence-electron chi connectivity index (χ1n) is 9.36. The summed E-state index contributed by atoms with van der Waals surface area (Å²) in [6.07, 6.45) is 1.31. The number of methoxy groups -OCH3 is 1. The number of amides is 3. The third kappa shape index (κ3) is 6.75. The van der Waals surface area contributed by atoms with Gasteiger partial charge in [-0.15, -0.1) is 0 Å². The second-order valence-electron chi connectivity index (χ2n) is 6.10. The van der Waals surface area contributed by atoms with Crippen molar-refractivity contribution in [3.05, 3.63) is 64.7 Å². The SMILES string of the molecule is CCOc1cc(/C=C/C(=O)OC(C(=O)NC(=O)NC)c2ccccc2)cc(Cl)c1OC. The van der Waals surface area contributed by atoms with Gasteiger partial charge in [-0.25, -0.2) is 9.59 Å². The number of carbonyl (C=O) groups excluding carboxylic acids is 3. The monoisotopic (exact) mass is 446 g/mol. The number of hydrogen-bond acceptors (Lipinski definition) is 6. The molecule has 1 atom stereocenters. The summed E-state index contributed by atoms with van der Waals surface area (Å²) in [6.45, 7) is 2.22. The van der Waals surface area contributed by atoms with Crippen LogP contribution in [0.4, 0.5) is 4.79 Å². The van der Waals surface area contributed by atoms with Gasteiger partial charge in [0.15, 0.2) is 11.5 Å². The molecular weight excluding hydrogens is 424 g/mol. The number of benzene rings is 2. The van der Waals surface area contributed by atoms with Crippen molar-refractivity contribution >= 4 is 35.6 Å². The molecule has 0 aliphatic rings. The largest absolute Gasteiger partial charge is 0.491 e. The summed E-state index contributed by atoms with van der Waals surface area (Å²) < 4.78 is 16.0. The minimum atomic E-state index is -1.31. The molecule has 9 heteroatoms. The number of ether oxygens (including phenoxy) is 3. The van der Waals surface area contributed by atoms with Crippen LogP contribution in [0.5, 0.6) is 11.5 Å². The average Bonchev–Trinajstić information content (AvgIpc) is 2.76. The van der Waals surface area contributed by atoms with Crippen molar-refractivity contribution in [3.63, 3.8) is 0 Å². The Bertz CT molecular complexity index is 962. The zero-order valence-electron chi connectivity index (χ0n) is 17.3. The average molecular weight is 447 g/mol. The predicted octanol–water partition coefficient (Wildman–Crippen LogP) is 3.50. The van der Waals surface area contributed by atoms with Crippen LogP contribution in [0.15, 0.2) is 48.5 Å². The molecule has 0 aromatic heterocycles. The van der Waals surface area contributed by atoms with E-state index in [-0.39, 0.29) is 0 Å². The van der Waals surface area contributed by atoms with Crippen molar-refractivity contribution in [1.82, 2.24) is 10.6 Å². The molecular formula is C22H23ClN2O6. The fraction of sp³-hybridized carbons (Fsp3) is 0.227. The predicted molar refractivity (Wildman–Crippen MR) is 116 cm³/mol. The molecule has 2 rings (SSSR count). The summed E-state index contributed by atoms with van der Waals surface area (Å²) in [5, 5.41) is 4.70. The van der Waals surface area contributed by atoms with Crippen LogP contribution in [0, 0.1) is 0 Å². The molecule has 0 spiro atoms. The van der Waals surface area contributed by atoms with Gasteiger partial charge in [-0.05, 0) is 30.7 Å². The van der Waals surface area contributed by atoms with Gasteiger partial charge >= 0.3 is 12.0 Å². The van der Waals surface area contributed by atoms with Crippen molar-refractivity contribution in [2.45, 2.75) is 13.0 Å². The second-order valence-corrected chi connectivity index (χ2v) is 6.50. The topological polar surface area (TPSA) is 103 Å². The second kappa shape index (κ2) is 11.6. The number of esters is 1. The molecule has 164 valence electrons. The van der Waals surface area contributed by atoms with Gasteiger partial charge in [-0.3, -0.25) is 10.1 Å². The van der Waals surface area contributed by atoms with E-state index in [1.54, 1.807) is 42.5 Å². The van der Waals surface area contributed by atoms with Gasteiger partial charge in [-0.1, -0.05) is 41.9 Å². The molecule has 31 heavy (non-hydrogen) atoms. The van der Waals surface area contributed by atoms with Crippen LogP contribution in [-0.2, 0) is 14.3 Å². The summed E-state index contributed by atoms with van der Waals surface area (Å²) >= 11 is 6.21. The van der Waals surface area contributed by atoms with Gasteiger partial charge in [0.25, 0.3) is 5.91 Å². The lowest BCUT2D eigenvalue weighted by molar-refractivity contribution is -0.151. The van der Waals surface area contributed by atoms with Crippen LogP contribution >= 0.6 is 11.6 Å². The fourth-order valence-corrected chi connectivity index (χ4v) is 2.90. The Hall–Kier alpha value is -3.52. The first-order valence-corrected chi connectivity index (χ1v) is 9.73. The van der Waals surface area contributed by atoms with Crippen molar-refractivity contribution in [2.75, 3.05) is 20.8 Å². The van der Waals surface area contributed by atoms with Crippen molar-refractivity contribution in [3.8, 4) is 11.5 Å². The number of nitrogens with one attached hydrogen (secondary N) is 2. The van der Waals surface area contributed by atoms with Crippen molar-refractivity contribution in [1.29, 1.82) is 0 Å². The lowest BCUT2D eigenvalue weighted by atomic mass is 10.1. The van der Waals surface area contributed by atoms with E-state index in [0.29, 0.717) is 34.3 Å². The van der Waals surface area contributed by atoms with Crippen LogP contribution in [0.25, 0.3) is 6.08 Å². The van der Waals surface area contributed by atoms with E-state index in [4.69, 9.17) is 25.8 Å².